The molecule has 2 aliphatic rings. The molecule has 1 fully saturated rings. The van der Waals surface area contributed by atoms with Crippen molar-refractivity contribution in [3.05, 3.63) is 56.9 Å². The van der Waals surface area contributed by atoms with Gasteiger partial charge in [-0.25, -0.2) is 4.99 Å². The summed E-state index contributed by atoms with van der Waals surface area (Å²) in [6, 6.07) is 9.80. The van der Waals surface area contributed by atoms with E-state index in [1.165, 1.54) is 23.0 Å². The van der Waals surface area contributed by atoms with Gasteiger partial charge in [-0.2, -0.15) is 0 Å². The SMILES string of the molecule is COc1cc2c(cc1/C=C1/SC(=Nc3cccc(Cl)c3C)NC1=O)C(C)CC(C)(C)N2C. The molecule has 7 heteroatoms. The Hall–Kier alpha value is -2.44. The van der Waals surface area contributed by atoms with Gasteiger partial charge in [-0.3, -0.25) is 4.79 Å². The molecule has 0 bridgehead atoms. The first kappa shape index (κ1) is 22.7. The molecule has 2 heterocycles. The summed E-state index contributed by atoms with van der Waals surface area (Å²) < 4.78 is 5.70. The van der Waals surface area contributed by atoms with E-state index < -0.39 is 0 Å². The van der Waals surface area contributed by atoms with Gasteiger partial charge in [0.25, 0.3) is 5.91 Å². The standard InChI is InChI=1S/C25H28ClN3O2S/c1-14-13-25(3,4)29(5)20-12-21(31-6)16(10-17(14)20)11-22-23(30)28-24(32-22)27-19-9-7-8-18(26)15(19)2/h7-12,14H,13H2,1-6H3,(H,27,28,30)/b22-11+. The number of amidine groups is 1. The number of nitrogens with one attached hydrogen (secondary N) is 1. The minimum Gasteiger partial charge on any atom is -0.496 e. The Morgan fingerprint density at radius 1 is 1.34 bits per heavy atom. The van der Waals surface area contributed by atoms with Crippen LogP contribution in [0.3, 0.4) is 0 Å². The van der Waals surface area contributed by atoms with E-state index in [0.717, 1.165) is 29.0 Å². The molecule has 0 aromatic heterocycles. The topological polar surface area (TPSA) is 53.9 Å². The van der Waals surface area contributed by atoms with Gasteiger partial charge in [-0.1, -0.05) is 24.6 Å². The van der Waals surface area contributed by atoms with Crippen molar-refractivity contribution in [2.75, 3.05) is 19.1 Å². The number of fused-ring (bicyclic) bond motifs is 1. The minimum absolute atomic E-state index is 0.0719. The average molecular weight is 470 g/mol. The van der Waals surface area contributed by atoms with Crippen molar-refractivity contribution in [3.63, 3.8) is 0 Å². The molecule has 2 aromatic carbocycles. The number of ether oxygens (including phenoxy) is 1. The fraction of sp³-hybridized carbons (Fsp3) is 0.360. The molecule has 1 saturated heterocycles. The molecule has 4 rings (SSSR count). The van der Waals surface area contributed by atoms with Gasteiger partial charge in [0.15, 0.2) is 5.17 Å². The zero-order valence-electron chi connectivity index (χ0n) is 19.2. The monoisotopic (exact) mass is 469 g/mol. The Morgan fingerprint density at radius 3 is 2.81 bits per heavy atom. The van der Waals surface area contributed by atoms with Crippen LogP contribution in [-0.4, -0.2) is 30.8 Å². The Labute approximate surface area is 198 Å². The van der Waals surface area contributed by atoms with Gasteiger partial charge in [0.1, 0.15) is 5.75 Å². The second-order valence-corrected chi connectivity index (χ2v) is 10.4. The molecular weight excluding hydrogens is 442 g/mol. The van der Waals surface area contributed by atoms with Crippen LogP contribution in [0.1, 0.15) is 49.8 Å². The third kappa shape index (κ3) is 4.14. The largest absolute Gasteiger partial charge is 0.496 e. The number of carbonyl (C=O) groups excluding carboxylic acids is 1. The van der Waals surface area contributed by atoms with Gasteiger partial charge in [-0.05, 0) is 80.3 Å². The van der Waals surface area contributed by atoms with Gasteiger partial charge in [0, 0.05) is 34.9 Å². The summed E-state index contributed by atoms with van der Waals surface area (Å²) >= 11 is 7.52. The fourth-order valence-electron chi connectivity index (χ4n) is 4.35. The second-order valence-electron chi connectivity index (χ2n) is 9.00. The number of hydrogen-bond acceptors (Lipinski definition) is 5. The molecule has 2 aliphatic heterocycles. The molecule has 1 amide bonds. The van der Waals surface area contributed by atoms with Gasteiger partial charge in [0.2, 0.25) is 0 Å². The Bertz CT molecular complexity index is 1160. The third-order valence-corrected chi connectivity index (χ3v) is 7.70. The summed E-state index contributed by atoms with van der Waals surface area (Å²) in [6.45, 7) is 8.69. The van der Waals surface area contributed by atoms with E-state index in [1.807, 2.05) is 31.2 Å². The molecule has 1 unspecified atom stereocenters. The first-order chi connectivity index (χ1) is 15.1. The average Bonchev–Trinajstić information content (AvgIpc) is 3.08. The number of carbonyl (C=O) groups is 1. The first-order valence-corrected chi connectivity index (χ1v) is 11.8. The smallest absolute Gasteiger partial charge is 0.264 e. The highest BCUT2D eigenvalue weighted by Gasteiger charge is 2.35. The van der Waals surface area contributed by atoms with Gasteiger partial charge < -0.3 is 15.0 Å². The van der Waals surface area contributed by atoms with Crippen molar-refractivity contribution in [2.24, 2.45) is 4.99 Å². The number of thioether (sulfide) groups is 1. The van der Waals surface area contributed by atoms with Gasteiger partial charge >= 0.3 is 0 Å². The summed E-state index contributed by atoms with van der Waals surface area (Å²) in [5, 5.41) is 4.05. The highest BCUT2D eigenvalue weighted by atomic mass is 35.5. The van der Waals surface area contributed by atoms with Gasteiger partial charge in [0.05, 0.1) is 17.7 Å². The Morgan fingerprint density at radius 2 is 2.09 bits per heavy atom. The molecule has 2 aromatic rings. The maximum atomic E-state index is 12.7. The minimum atomic E-state index is -0.167. The van der Waals surface area contributed by atoms with Crippen LogP contribution in [0.5, 0.6) is 5.75 Å². The summed E-state index contributed by atoms with van der Waals surface area (Å²) in [6.07, 6.45) is 2.95. The lowest BCUT2D eigenvalue weighted by atomic mass is 9.80. The van der Waals surface area contributed by atoms with E-state index in [-0.39, 0.29) is 11.4 Å². The molecule has 32 heavy (non-hydrogen) atoms. The van der Waals surface area contributed by atoms with Gasteiger partial charge in [-0.15, -0.1) is 0 Å². The molecular formula is C25H28ClN3O2S. The van der Waals surface area contributed by atoms with Crippen LogP contribution >= 0.6 is 23.4 Å². The lowest BCUT2D eigenvalue weighted by Crippen LogP contribution is -2.45. The Kier molecular flexibility index (Phi) is 6.03. The molecule has 0 aliphatic carbocycles. The number of rotatable bonds is 3. The third-order valence-electron chi connectivity index (χ3n) is 6.38. The van der Waals surface area contributed by atoms with Crippen LogP contribution < -0.4 is 15.0 Å². The lowest BCUT2D eigenvalue weighted by molar-refractivity contribution is -0.115. The predicted octanol–water partition coefficient (Wildman–Crippen LogP) is 6.27. The highest BCUT2D eigenvalue weighted by molar-refractivity contribution is 8.18. The van der Waals surface area contributed by atoms with E-state index in [0.29, 0.717) is 21.0 Å². The quantitative estimate of drug-likeness (QED) is 0.538. The first-order valence-electron chi connectivity index (χ1n) is 10.6. The zero-order valence-corrected chi connectivity index (χ0v) is 20.8. The molecule has 168 valence electrons. The normalized spacial score (nSPS) is 22.3. The highest BCUT2D eigenvalue weighted by Crippen LogP contribution is 2.45. The van der Waals surface area contributed by atoms with Crippen molar-refractivity contribution in [1.29, 1.82) is 0 Å². The van der Waals surface area contributed by atoms with Crippen molar-refractivity contribution >= 4 is 51.9 Å². The summed E-state index contributed by atoms with van der Waals surface area (Å²) in [5.41, 5.74) is 5.03. The van der Waals surface area contributed by atoms with Crippen molar-refractivity contribution in [1.82, 2.24) is 5.32 Å². The predicted molar refractivity (Wildman–Crippen MR) is 136 cm³/mol. The molecule has 1 N–H and O–H groups in total. The van der Waals surface area contributed by atoms with E-state index >= 15 is 0 Å². The number of nitrogens with zero attached hydrogens (tertiary/aromatic N) is 2. The second kappa shape index (κ2) is 8.49. The lowest BCUT2D eigenvalue weighted by Gasteiger charge is -2.45. The molecule has 0 saturated carbocycles. The molecule has 1 atom stereocenters. The van der Waals surface area contributed by atoms with E-state index in [1.54, 1.807) is 7.11 Å². The van der Waals surface area contributed by atoms with Crippen molar-refractivity contribution in [2.45, 2.75) is 45.6 Å². The van der Waals surface area contributed by atoms with Crippen LogP contribution in [0.25, 0.3) is 6.08 Å². The van der Waals surface area contributed by atoms with E-state index in [9.17, 15) is 4.79 Å². The number of halogens is 1. The van der Waals surface area contributed by atoms with Crippen LogP contribution in [0.2, 0.25) is 5.02 Å². The summed E-state index contributed by atoms with van der Waals surface area (Å²) in [4.78, 5) is 20.2. The zero-order chi connectivity index (χ0) is 23.2. The number of amides is 1. The fourth-order valence-corrected chi connectivity index (χ4v) is 5.34. The van der Waals surface area contributed by atoms with Crippen molar-refractivity contribution < 1.29 is 9.53 Å². The molecule has 0 spiro atoms. The summed E-state index contributed by atoms with van der Waals surface area (Å²) in [7, 11) is 3.79. The van der Waals surface area contributed by atoms with Crippen LogP contribution in [0.15, 0.2) is 40.2 Å². The Balaban J connectivity index is 1.70. The van der Waals surface area contributed by atoms with Crippen LogP contribution in [-0.2, 0) is 4.79 Å². The number of methoxy groups -OCH3 is 1. The van der Waals surface area contributed by atoms with Crippen LogP contribution in [0, 0.1) is 6.92 Å². The number of aliphatic imine (C=N–C) groups is 1. The van der Waals surface area contributed by atoms with E-state index in [4.69, 9.17) is 16.3 Å². The maximum Gasteiger partial charge on any atom is 0.264 e. The van der Waals surface area contributed by atoms with E-state index in [2.05, 4.69) is 55.2 Å². The number of benzene rings is 2. The van der Waals surface area contributed by atoms with Crippen LogP contribution in [0.4, 0.5) is 11.4 Å². The number of anilines is 1. The number of hydrogen-bond donors (Lipinski definition) is 1. The molecule has 5 nitrogen and oxygen atoms in total. The maximum absolute atomic E-state index is 12.7. The van der Waals surface area contributed by atoms with Crippen molar-refractivity contribution in [3.8, 4) is 5.75 Å². The summed E-state index contributed by atoms with van der Waals surface area (Å²) in [5.74, 6) is 0.990. The molecule has 0 radical (unpaired) electrons.